The zero-order valence-electron chi connectivity index (χ0n) is 4.92. The molecule has 0 aliphatic heterocycles. The third-order valence-corrected chi connectivity index (χ3v) is 0.692. The molecule has 0 saturated carbocycles. The second-order valence-electron chi connectivity index (χ2n) is 1.25. The Hall–Kier alpha value is -0.610. The van der Waals surface area contributed by atoms with Crippen LogP contribution in [0.25, 0.3) is 0 Å². The van der Waals surface area contributed by atoms with Crippen LogP contribution in [-0.4, -0.2) is 25.9 Å². The van der Waals surface area contributed by atoms with Crippen LogP contribution in [0.4, 0.5) is 0 Å². The maximum absolute atomic E-state index is 5.18. The summed E-state index contributed by atoms with van der Waals surface area (Å²) >= 11 is 0. The highest BCUT2D eigenvalue weighted by atomic mass is 16.6. The molecule has 0 aromatic heterocycles. The van der Waals surface area contributed by atoms with Crippen molar-refractivity contribution in [3.63, 3.8) is 0 Å². The molecule has 4 nitrogen and oxygen atoms in total. The average molecular weight is 117 g/mol. The van der Waals surface area contributed by atoms with E-state index in [0.717, 1.165) is 0 Å². The number of oxime groups is 1. The van der Waals surface area contributed by atoms with Gasteiger partial charge in [0.2, 0.25) is 0 Å². The zero-order chi connectivity index (χ0) is 6.41. The van der Waals surface area contributed by atoms with Crippen molar-refractivity contribution >= 4 is 5.71 Å². The Morgan fingerprint density at radius 3 is 2.12 bits per heavy atom. The lowest BCUT2D eigenvalue weighted by atomic mass is 10.4. The van der Waals surface area contributed by atoms with E-state index >= 15 is 0 Å². The minimum Gasteiger partial charge on any atom is -0.399 e. The highest BCUT2D eigenvalue weighted by Crippen LogP contribution is 1.71. The van der Waals surface area contributed by atoms with Gasteiger partial charge in [0, 0.05) is 13.1 Å². The van der Waals surface area contributed by atoms with Gasteiger partial charge >= 0.3 is 0 Å². The van der Waals surface area contributed by atoms with Crippen LogP contribution in [0.1, 0.15) is 0 Å². The lowest BCUT2D eigenvalue weighted by molar-refractivity contribution is 0.212. The molecular weight excluding hydrogens is 106 g/mol. The van der Waals surface area contributed by atoms with Gasteiger partial charge < -0.3 is 16.3 Å². The van der Waals surface area contributed by atoms with E-state index in [1.807, 2.05) is 0 Å². The van der Waals surface area contributed by atoms with Crippen molar-refractivity contribution in [2.24, 2.45) is 16.6 Å². The molecule has 48 valence electrons. The zero-order valence-corrected chi connectivity index (χ0v) is 4.92. The van der Waals surface area contributed by atoms with Crippen LogP contribution in [-0.2, 0) is 4.84 Å². The highest BCUT2D eigenvalue weighted by molar-refractivity contribution is 5.87. The molecule has 0 spiro atoms. The van der Waals surface area contributed by atoms with Crippen molar-refractivity contribution in [3.8, 4) is 0 Å². The molecule has 0 aliphatic rings. The molecule has 0 atom stereocenters. The van der Waals surface area contributed by atoms with Crippen LogP contribution < -0.4 is 11.5 Å². The van der Waals surface area contributed by atoms with Gasteiger partial charge in [-0.1, -0.05) is 5.16 Å². The van der Waals surface area contributed by atoms with Crippen LogP contribution in [0.15, 0.2) is 5.16 Å². The summed E-state index contributed by atoms with van der Waals surface area (Å²) in [6.45, 7) is 0.731. The number of nitrogens with two attached hydrogens (primary N) is 2. The van der Waals surface area contributed by atoms with Crippen molar-refractivity contribution in [3.05, 3.63) is 0 Å². The Morgan fingerprint density at radius 1 is 1.50 bits per heavy atom. The molecule has 0 heterocycles. The SMILES string of the molecule is CON=C(CN)CN. The van der Waals surface area contributed by atoms with Crippen LogP contribution in [0.2, 0.25) is 0 Å². The van der Waals surface area contributed by atoms with Crippen molar-refractivity contribution in [1.29, 1.82) is 0 Å². The lowest BCUT2D eigenvalue weighted by Gasteiger charge is -1.94. The van der Waals surface area contributed by atoms with Gasteiger partial charge in [-0.15, -0.1) is 0 Å². The first-order chi connectivity index (χ1) is 3.85. The molecular formula is C4H11N3O. The van der Waals surface area contributed by atoms with Crippen molar-refractivity contribution in [1.82, 2.24) is 0 Å². The lowest BCUT2D eigenvalue weighted by Crippen LogP contribution is -2.23. The summed E-state index contributed by atoms with van der Waals surface area (Å²) in [5.41, 5.74) is 11.0. The Kier molecular flexibility index (Phi) is 4.20. The van der Waals surface area contributed by atoms with Crippen molar-refractivity contribution < 1.29 is 4.84 Å². The number of nitrogens with zero attached hydrogens (tertiary/aromatic N) is 1. The molecule has 0 unspecified atom stereocenters. The first-order valence-electron chi connectivity index (χ1n) is 2.34. The standard InChI is InChI=1S/C4H11N3O/c1-8-7-4(2-5)3-6/h2-3,5-6H2,1H3. The molecule has 0 rings (SSSR count). The summed E-state index contributed by atoms with van der Waals surface area (Å²) in [6.07, 6.45) is 0. The predicted molar refractivity (Wildman–Crippen MR) is 32.6 cm³/mol. The largest absolute Gasteiger partial charge is 0.399 e. The van der Waals surface area contributed by atoms with Gasteiger partial charge in [0.05, 0.1) is 5.71 Å². The van der Waals surface area contributed by atoms with Gasteiger partial charge in [0.1, 0.15) is 7.11 Å². The normalized spacial score (nSPS) is 8.38. The summed E-state index contributed by atoms with van der Waals surface area (Å²) in [6, 6.07) is 0. The second-order valence-corrected chi connectivity index (χ2v) is 1.25. The maximum Gasteiger partial charge on any atom is 0.106 e. The summed E-state index contributed by atoms with van der Waals surface area (Å²) < 4.78 is 0. The third kappa shape index (κ3) is 2.54. The Balaban J connectivity index is 3.49. The van der Waals surface area contributed by atoms with E-state index in [1.165, 1.54) is 7.11 Å². The Labute approximate surface area is 48.5 Å². The topological polar surface area (TPSA) is 73.6 Å². The van der Waals surface area contributed by atoms with Gasteiger partial charge in [-0.05, 0) is 0 Å². The van der Waals surface area contributed by atoms with Crippen molar-refractivity contribution in [2.75, 3.05) is 20.2 Å². The summed E-state index contributed by atoms with van der Waals surface area (Å²) in [4.78, 5) is 4.41. The van der Waals surface area contributed by atoms with E-state index in [4.69, 9.17) is 11.5 Å². The minimum atomic E-state index is 0.365. The molecule has 0 radical (unpaired) electrons. The van der Waals surface area contributed by atoms with Crippen LogP contribution >= 0.6 is 0 Å². The smallest absolute Gasteiger partial charge is 0.106 e. The fourth-order valence-electron chi connectivity index (χ4n) is 0.287. The van der Waals surface area contributed by atoms with Crippen LogP contribution in [0.3, 0.4) is 0 Å². The van der Waals surface area contributed by atoms with Crippen LogP contribution in [0.5, 0.6) is 0 Å². The molecule has 4 N–H and O–H groups in total. The minimum absolute atomic E-state index is 0.365. The van der Waals surface area contributed by atoms with E-state index in [-0.39, 0.29) is 0 Å². The first-order valence-corrected chi connectivity index (χ1v) is 2.34. The molecule has 0 aromatic rings. The highest BCUT2D eigenvalue weighted by Gasteiger charge is 1.88. The Bertz CT molecular complexity index is 75.4. The Morgan fingerprint density at radius 2 is 2.00 bits per heavy atom. The molecule has 0 aromatic carbocycles. The number of hydrogen-bond donors (Lipinski definition) is 2. The third-order valence-electron chi connectivity index (χ3n) is 0.692. The van der Waals surface area contributed by atoms with E-state index in [1.54, 1.807) is 0 Å². The predicted octanol–water partition coefficient (Wildman–Crippen LogP) is -1.09. The quantitative estimate of drug-likeness (QED) is 0.364. The van der Waals surface area contributed by atoms with E-state index in [2.05, 4.69) is 9.99 Å². The van der Waals surface area contributed by atoms with Gasteiger partial charge in [0.15, 0.2) is 0 Å². The molecule has 8 heavy (non-hydrogen) atoms. The first kappa shape index (κ1) is 7.39. The fraction of sp³-hybridized carbons (Fsp3) is 0.750. The molecule has 4 heteroatoms. The van der Waals surface area contributed by atoms with E-state index in [0.29, 0.717) is 18.8 Å². The molecule has 0 fully saturated rings. The maximum atomic E-state index is 5.18. The van der Waals surface area contributed by atoms with Gasteiger partial charge in [0.25, 0.3) is 0 Å². The van der Waals surface area contributed by atoms with Gasteiger partial charge in [-0.2, -0.15) is 0 Å². The van der Waals surface area contributed by atoms with Gasteiger partial charge in [-0.3, -0.25) is 0 Å². The van der Waals surface area contributed by atoms with E-state index in [9.17, 15) is 0 Å². The molecule has 0 aliphatic carbocycles. The number of rotatable bonds is 3. The average Bonchev–Trinajstić information content (AvgIpc) is 1.83. The van der Waals surface area contributed by atoms with Crippen LogP contribution in [0, 0.1) is 0 Å². The summed E-state index contributed by atoms with van der Waals surface area (Å²) in [7, 11) is 1.46. The molecule has 0 bridgehead atoms. The summed E-state index contributed by atoms with van der Waals surface area (Å²) in [5, 5.41) is 3.53. The second kappa shape index (κ2) is 4.55. The molecule has 0 saturated heterocycles. The van der Waals surface area contributed by atoms with E-state index < -0.39 is 0 Å². The molecule has 0 amide bonds. The monoisotopic (exact) mass is 117 g/mol. The van der Waals surface area contributed by atoms with Gasteiger partial charge in [-0.25, -0.2) is 0 Å². The fourth-order valence-corrected chi connectivity index (χ4v) is 0.287. The number of hydrogen-bond acceptors (Lipinski definition) is 4. The van der Waals surface area contributed by atoms with Crippen molar-refractivity contribution in [2.45, 2.75) is 0 Å². The summed E-state index contributed by atoms with van der Waals surface area (Å²) in [5.74, 6) is 0.